The van der Waals surface area contributed by atoms with Crippen LogP contribution >= 0.6 is 0 Å². The summed E-state index contributed by atoms with van der Waals surface area (Å²) in [4.78, 5) is 11.4. The average molecular weight is 88.1 g/mol. The van der Waals surface area contributed by atoms with Crippen molar-refractivity contribution in [1.29, 1.82) is 0 Å². The maximum Gasteiger partial charge on any atom is 0.386 e. The summed E-state index contributed by atoms with van der Waals surface area (Å²) in [7, 11) is 0. The number of hydrogen-bond acceptors (Lipinski definition) is 4. The molecule has 0 aromatic rings. The highest BCUT2D eigenvalue weighted by molar-refractivity contribution is 5.24. The number of nitrogens with two attached hydrogens (primary N) is 1. The van der Waals surface area contributed by atoms with E-state index in [1.165, 1.54) is 0 Å². The topological polar surface area (TPSA) is 63.4 Å². The van der Waals surface area contributed by atoms with Crippen LogP contribution in [0.1, 0.15) is 0 Å². The van der Waals surface area contributed by atoms with Crippen molar-refractivity contribution >= 4 is 6.72 Å². The Morgan fingerprint density at radius 1 is 1.67 bits per heavy atom. The maximum atomic E-state index is 4.97. The van der Waals surface area contributed by atoms with Crippen molar-refractivity contribution in [2.24, 2.45) is 10.7 Å². The van der Waals surface area contributed by atoms with Crippen molar-refractivity contribution in [2.45, 2.75) is 6.03 Å². The number of rotatable bonds is 1. The summed E-state index contributed by atoms with van der Waals surface area (Å²) in [5.41, 5.74) is 4.97. The minimum Gasteiger partial charge on any atom is -0.255 e. The molecule has 0 radical (unpaired) electrons. The summed E-state index contributed by atoms with van der Waals surface area (Å²) >= 11 is 0. The third-order valence-corrected chi connectivity index (χ3v) is 0.474. The Balaban J connectivity index is 2.47. The summed E-state index contributed by atoms with van der Waals surface area (Å²) < 4.78 is 0. The van der Waals surface area contributed by atoms with Crippen LogP contribution in [-0.2, 0) is 9.78 Å². The molecule has 0 spiro atoms. The lowest BCUT2D eigenvalue weighted by Crippen LogP contribution is -2.18. The van der Waals surface area contributed by atoms with Crippen LogP contribution in [0.4, 0.5) is 0 Å². The molecule has 0 saturated carbocycles. The normalized spacial score (nSPS) is 26.2. The Morgan fingerprint density at radius 2 is 2.17 bits per heavy atom. The molecule has 4 nitrogen and oxygen atoms in total. The molecule has 6 heavy (non-hydrogen) atoms. The Labute approximate surface area is 34.5 Å². The lowest BCUT2D eigenvalue weighted by atomic mass is 11.0. The molecular weight excluding hydrogens is 84.0 g/mol. The van der Waals surface area contributed by atoms with Crippen molar-refractivity contribution in [3.8, 4) is 0 Å². The second kappa shape index (κ2) is 0.784. The molecule has 2 N–H and O–H groups in total. The van der Waals surface area contributed by atoms with Gasteiger partial charge in [0.2, 0.25) is 0 Å². The fourth-order valence-electron chi connectivity index (χ4n) is 0.0954. The standard InChI is InChI=1S/C2H4N2O2/c1-4-2(3)5-6-2/h1,3H2. The van der Waals surface area contributed by atoms with Crippen LogP contribution in [0.3, 0.4) is 0 Å². The quantitative estimate of drug-likeness (QED) is 0.260. The smallest absolute Gasteiger partial charge is 0.255 e. The van der Waals surface area contributed by atoms with Crippen molar-refractivity contribution in [2.75, 3.05) is 0 Å². The van der Waals surface area contributed by atoms with Gasteiger partial charge in [-0.3, -0.25) is 5.73 Å². The third-order valence-electron chi connectivity index (χ3n) is 0.474. The van der Waals surface area contributed by atoms with E-state index in [1.54, 1.807) is 0 Å². The van der Waals surface area contributed by atoms with Crippen molar-refractivity contribution in [3.05, 3.63) is 0 Å². The van der Waals surface area contributed by atoms with Gasteiger partial charge in [0, 0.05) is 0 Å². The molecule has 1 heterocycles. The SMILES string of the molecule is C=NC1(N)OO1. The van der Waals surface area contributed by atoms with Gasteiger partial charge in [-0.2, -0.15) is 9.78 Å². The van der Waals surface area contributed by atoms with E-state index >= 15 is 0 Å². The predicted molar refractivity (Wildman–Crippen MR) is 18.6 cm³/mol. The van der Waals surface area contributed by atoms with Crippen LogP contribution in [0.2, 0.25) is 0 Å². The molecule has 0 aromatic heterocycles. The molecule has 1 aliphatic rings. The van der Waals surface area contributed by atoms with Gasteiger partial charge in [-0.05, 0) is 6.72 Å². The lowest BCUT2D eigenvalue weighted by molar-refractivity contribution is 0.0850. The van der Waals surface area contributed by atoms with E-state index in [0.717, 1.165) is 0 Å². The van der Waals surface area contributed by atoms with Gasteiger partial charge in [0.25, 0.3) is 0 Å². The fourth-order valence-corrected chi connectivity index (χ4v) is 0.0954. The molecule has 1 fully saturated rings. The molecule has 0 bridgehead atoms. The first-order chi connectivity index (χ1) is 2.77. The summed E-state index contributed by atoms with van der Waals surface area (Å²) in [5, 5.41) is 0. The van der Waals surface area contributed by atoms with E-state index in [2.05, 4.69) is 21.5 Å². The fraction of sp³-hybridized carbons (Fsp3) is 0.500. The van der Waals surface area contributed by atoms with Gasteiger partial charge in [-0.25, -0.2) is 4.99 Å². The van der Waals surface area contributed by atoms with Gasteiger partial charge in [0.1, 0.15) is 0 Å². The van der Waals surface area contributed by atoms with Crippen molar-refractivity contribution in [3.63, 3.8) is 0 Å². The van der Waals surface area contributed by atoms with Gasteiger partial charge in [0.15, 0.2) is 0 Å². The monoisotopic (exact) mass is 88.0 g/mol. The Kier molecular flexibility index (Phi) is 0.488. The third kappa shape index (κ3) is 0.405. The number of hydrogen-bond donors (Lipinski definition) is 1. The summed E-state index contributed by atoms with van der Waals surface area (Å²) in [5.74, 6) is 0. The highest BCUT2D eigenvalue weighted by Crippen LogP contribution is 2.21. The molecule has 0 aromatic carbocycles. The van der Waals surface area contributed by atoms with Gasteiger partial charge in [-0.15, -0.1) is 0 Å². The minimum absolute atomic E-state index is 1.19. The van der Waals surface area contributed by atoms with Crippen LogP contribution in [0.15, 0.2) is 4.99 Å². The minimum atomic E-state index is -1.19. The van der Waals surface area contributed by atoms with E-state index in [-0.39, 0.29) is 0 Å². The van der Waals surface area contributed by atoms with E-state index in [1.807, 2.05) is 0 Å². The van der Waals surface area contributed by atoms with Gasteiger partial charge in [0.05, 0.1) is 0 Å². The summed E-state index contributed by atoms with van der Waals surface area (Å²) in [6.45, 7) is 3.07. The molecule has 0 unspecified atom stereocenters. The molecular formula is C2H4N2O2. The molecule has 0 atom stereocenters. The average Bonchev–Trinajstić information content (AvgIpc) is 2.22. The van der Waals surface area contributed by atoms with Crippen molar-refractivity contribution < 1.29 is 9.78 Å². The zero-order valence-electron chi connectivity index (χ0n) is 3.05. The van der Waals surface area contributed by atoms with E-state index < -0.39 is 6.03 Å². The van der Waals surface area contributed by atoms with Crippen LogP contribution in [-0.4, -0.2) is 12.8 Å². The molecule has 1 aliphatic heterocycles. The summed E-state index contributed by atoms with van der Waals surface area (Å²) in [6.07, 6.45) is 0. The number of aliphatic imine (C=N–C) groups is 1. The molecule has 1 saturated heterocycles. The highest BCUT2D eigenvalue weighted by atomic mass is 17.4. The maximum absolute atomic E-state index is 4.97. The Hall–Kier alpha value is -0.450. The van der Waals surface area contributed by atoms with Gasteiger partial charge < -0.3 is 0 Å². The van der Waals surface area contributed by atoms with Gasteiger partial charge in [-0.1, -0.05) is 0 Å². The van der Waals surface area contributed by atoms with Gasteiger partial charge >= 0.3 is 6.03 Å². The lowest BCUT2D eigenvalue weighted by Gasteiger charge is -1.79. The molecule has 34 valence electrons. The van der Waals surface area contributed by atoms with E-state index in [0.29, 0.717) is 0 Å². The van der Waals surface area contributed by atoms with Crippen molar-refractivity contribution in [1.82, 2.24) is 0 Å². The predicted octanol–water partition coefficient (Wildman–Crippen LogP) is -0.781. The summed E-state index contributed by atoms with van der Waals surface area (Å²) in [6, 6.07) is -1.19. The van der Waals surface area contributed by atoms with E-state index in [4.69, 9.17) is 5.73 Å². The second-order valence-corrected chi connectivity index (χ2v) is 0.955. The molecule has 1 rings (SSSR count). The van der Waals surface area contributed by atoms with Crippen LogP contribution < -0.4 is 5.73 Å². The second-order valence-electron chi connectivity index (χ2n) is 0.955. The van der Waals surface area contributed by atoms with Crippen LogP contribution in [0.25, 0.3) is 0 Å². The molecule has 0 amide bonds. The Bertz CT molecular complexity index is 77.6. The van der Waals surface area contributed by atoms with E-state index in [9.17, 15) is 0 Å². The molecule has 0 aliphatic carbocycles. The first kappa shape index (κ1) is 3.73. The first-order valence-corrected chi connectivity index (χ1v) is 1.40. The first-order valence-electron chi connectivity index (χ1n) is 1.40. The zero-order chi connectivity index (χ0) is 4.62. The largest absolute Gasteiger partial charge is 0.386 e. The van der Waals surface area contributed by atoms with Crippen LogP contribution in [0, 0.1) is 0 Å². The molecule has 4 heteroatoms. The van der Waals surface area contributed by atoms with Crippen LogP contribution in [0.5, 0.6) is 0 Å². The number of nitrogens with zero attached hydrogens (tertiary/aromatic N) is 1. The Morgan fingerprint density at radius 3 is 2.17 bits per heavy atom. The highest BCUT2D eigenvalue weighted by Gasteiger charge is 2.43. The zero-order valence-corrected chi connectivity index (χ0v) is 3.05.